The predicted molar refractivity (Wildman–Crippen MR) is 117 cm³/mol. The molecule has 4 rings (SSSR count). The molecule has 0 radical (unpaired) electrons. The minimum absolute atomic E-state index is 0.226. The normalized spacial score (nSPS) is 13.3. The van der Waals surface area contributed by atoms with Crippen LogP contribution in [0.15, 0.2) is 48.5 Å². The van der Waals surface area contributed by atoms with Crippen molar-refractivity contribution < 1.29 is 9.53 Å². The molecule has 0 bridgehead atoms. The molecule has 0 saturated carbocycles. The summed E-state index contributed by atoms with van der Waals surface area (Å²) in [5, 5.41) is 7.67. The Balaban J connectivity index is 1.60. The number of amides is 2. The van der Waals surface area contributed by atoms with Crippen LogP contribution in [0.5, 0.6) is 5.75 Å². The number of methoxy groups -OCH3 is 1. The zero-order valence-electron chi connectivity index (χ0n) is 17.5. The van der Waals surface area contributed by atoms with Crippen LogP contribution in [0.25, 0.3) is 0 Å². The van der Waals surface area contributed by atoms with Gasteiger partial charge in [-0.2, -0.15) is 5.10 Å². The quantitative estimate of drug-likeness (QED) is 0.675. The van der Waals surface area contributed by atoms with Crippen molar-refractivity contribution in [2.24, 2.45) is 0 Å². The zero-order chi connectivity index (χ0) is 20.9. The van der Waals surface area contributed by atoms with Crippen LogP contribution in [-0.2, 0) is 19.5 Å². The number of hydrogen-bond donors (Lipinski definition) is 1. The molecule has 0 spiro atoms. The summed E-state index contributed by atoms with van der Waals surface area (Å²) in [6.45, 7) is 3.18. The van der Waals surface area contributed by atoms with Gasteiger partial charge in [-0.1, -0.05) is 18.6 Å². The SMILES string of the molecule is COc1ccc(N(Cc2nc3n(n2)CCCCC3)C(=O)Nc2cccc(C)c2)cc1. The summed E-state index contributed by atoms with van der Waals surface area (Å²) >= 11 is 0. The first kappa shape index (κ1) is 19.9. The van der Waals surface area contributed by atoms with E-state index >= 15 is 0 Å². The van der Waals surface area contributed by atoms with Gasteiger partial charge in [-0.3, -0.25) is 4.90 Å². The minimum atomic E-state index is -0.226. The van der Waals surface area contributed by atoms with Gasteiger partial charge in [-0.15, -0.1) is 0 Å². The number of urea groups is 1. The van der Waals surface area contributed by atoms with E-state index in [9.17, 15) is 4.79 Å². The zero-order valence-corrected chi connectivity index (χ0v) is 17.5. The molecular formula is C23H27N5O2. The maximum Gasteiger partial charge on any atom is 0.326 e. The lowest BCUT2D eigenvalue weighted by Gasteiger charge is -2.22. The summed E-state index contributed by atoms with van der Waals surface area (Å²) in [5.74, 6) is 2.41. The van der Waals surface area contributed by atoms with Crippen molar-refractivity contribution in [3.63, 3.8) is 0 Å². The summed E-state index contributed by atoms with van der Waals surface area (Å²) in [7, 11) is 1.62. The number of rotatable bonds is 5. The van der Waals surface area contributed by atoms with Gasteiger partial charge >= 0.3 is 6.03 Å². The van der Waals surface area contributed by atoms with Crippen molar-refractivity contribution in [2.45, 2.75) is 45.7 Å². The van der Waals surface area contributed by atoms with Crippen molar-refractivity contribution in [3.05, 3.63) is 65.7 Å². The first-order valence-corrected chi connectivity index (χ1v) is 10.3. The van der Waals surface area contributed by atoms with Gasteiger partial charge in [0.1, 0.15) is 11.6 Å². The van der Waals surface area contributed by atoms with Crippen LogP contribution in [0.4, 0.5) is 16.2 Å². The fourth-order valence-electron chi connectivity index (χ4n) is 3.68. The van der Waals surface area contributed by atoms with Gasteiger partial charge in [0.25, 0.3) is 0 Å². The minimum Gasteiger partial charge on any atom is -0.497 e. The highest BCUT2D eigenvalue weighted by atomic mass is 16.5. The van der Waals surface area contributed by atoms with Gasteiger partial charge in [-0.25, -0.2) is 14.5 Å². The third-order valence-corrected chi connectivity index (χ3v) is 5.26. The monoisotopic (exact) mass is 405 g/mol. The molecule has 1 N–H and O–H groups in total. The van der Waals surface area contributed by atoms with Crippen LogP contribution in [0.1, 0.15) is 36.5 Å². The number of carbonyl (C=O) groups excluding carboxylic acids is 1. The fraction of sp³-hybridized carbons (Fsp3) is 0.348. The van der Waals surface area contributed by atoms with Crippen LogP contribution in [0.2, 0.25) is 0 Å². The number of hydrogen-bond acceptors (Lipinski definition) is 4. The third-order valence-electron chi connectivity index (χ3n) is 5.26. The molecule has 0 saturated heterocycles. The van der Waals surface area contributed by atoms with Crippen molar-refractivity contribution in [1.82, 2.24) is 14.8 Å². The standard InChI is InChI=1S/C23H27N5O2/c1-17-7-6-8-18(15-17)24-23(29)27(19-10-12-20(30-2)13-11-19)16-21-25-22-9-4-3-5-14-28(22)26-21/h6-8,10-13,15H,3-5,9,14,16H2,1-2H3,(H,24,29). The number of fused-ring (bicyclic) bond motifs is 1. The largest absolute Gasteiger partial charge is 0.497 e. The first-order chi connectivity index (χ1) is 14.6. The molecule has 30 heavy (non-hydrogen) atoms. The molecular weight excluding hydrogens is 378 g/mol. The first-order valence-electron chi connectivity index (χ1n) is 10.3. The average Bonchev–Trinajstić information content (AvgIpc) is 3.00. The maximum atomic E-state index is 13.2. The number of anilines is 2. The van der Waals surface area contributed by atoms with E-state index in [2.05, 4.69) is 10.4 Å². The van der Waals surface area contributed by atoms with E-state index in [1.807, 2.05) is 60.1 Å². The van der Waals surface area contributed by atoms with E-state index in [4.69, 9.17) is 9.72 Å². The highest BCUT2D eigenvalue weighted by molar-refractivity contribution is 6.01. The number of benzene rings is 2. The third kappa shape index (κ3) is 4.62. The number of aryl methyl sites for hydroxylation is 3. The van der Waals surface area contributed by atoms with Crippen molar-refractivity contribution in [2.75, 3.05) is 17.3 Å². The maximum absolute atomic E-state index is 13.2. The second kappa shape index (κ2) is 8.98. The molecule has 1 aliphatic rings. The number of ether oxygens (including phenoxy) is 1. The molecule has 3 aromatic rings. The Morgan fingerprint density at radius 2 is 2.00 bits per heavy atom. The van der Waals surface area contributed by atoms with E-state index in [0.29, 0.717) is 12.4 Å². The Hall–Kier alpha value is -3.35. The van der Waals surface area contributed by atoms with E-state index in [1.54, 1.807) is 12.0 Å². The van der Waals surface area contributed by atoms with Crippen LogP contribution in [0.3, 0.4) is 0 Å². The number of nitrogens with one attached hydrogen (secondary N) is 1. The summed E-state index contributed by atoms with van der Waals surface area (Å²) in [5.41, 5.74) is 2.60. The molecule has 1 aliphatic heterocycles. The van der Waals surface area contributed by atoms with E-state index in [-0.39, 0.29) is 6.03 Å². The van der Waals surface area contributed by atoms with Crippen LogP contribution >= 0.6 is 0 Å². The molecule has 156 valence electrons. The van der Waals surface area contributed by atoms with E-state index in [0.717, 1.165) is 54.3 Å². The highest BCUT2D eigenvalue weighted by Gasteiger charge is 2.21. The summed E-state index contributed by atoms with van der Waals surface area (Å²) in [6, 6.07) is 15.0. The Morgan fingerprint density at radius 1 is 1.17 bits per heavy atom. The topological polar surface area (TPSA) is 72.3 Å². The second-order valence-electron chi connectivity index (χ2n) is 7.56. The molecule has 2 heterocycles. The number of aromatic nitrogens is 3. The molecule has 0 fully saturated rings. The molecule has 2 amide bonds. The fourth-order valence-corrected chi connectivity index (χ4v) is 3.68. The van der Waals surface area contributed by atoms with Crippen molar-refractivity contribution >= 4 is 17.4 Å². The van der Waals surface area contributed by atoms with Crippen LogP contribution in [-0.4, -0.2) is 27.9 Å². The smallest absolute Gasteiger partial charge is 0.326 e. The summed E-state index contributed by atoms with van der Waals surface area (Å²) < 4.78 is 7.25. The number of carbonyl (C=O) groups is 1. The van der Waals surface area contributed by atoms with Gasteiger partial charge in [-0.05, 0) is 61.7 Å². The molecule has 2 aromatic carbocycles. The lowest BCUT2D eigenvalue weighted by atomic mass is 10.2. The molecule has 7 heteroatoms. The second-order valence-corrected chi connectivity index (χ2v) is 7.56. The molecule has 0 unspecified atom stereocenters. The average molecular weight is 406 g/mol. The summed E-state index contributed by atoms with van der Waals surface area (Å²) in [6.07, 6.45) is 4.39. The molecule has 7 nitrogen and oxygen atoms in total. The molecule has 1 aromatic heterocycles. The van der Waals surface area contributed by atoms with E-state index in [1.165, 1.54) is 6.42 Å². The van der Waals surface area contributed by atoms with Crippen LogP contribution < -0.4 is 15.0 Å². The van der Waals surface area contributed by atoms with Gasteiger partial charge < -0.3 is 10.1 Å². The van der Waals surface area contributed by atoms with Gasteiger partial charge in [0.05, 0.1) is 13.7 Å². The predicted octanol–water partition coefficient (Wildman–Crippen LogP) is 4.56. The van der Waals surface area contributed by atoms with Crippen molar-refractivity contribution in [1.29, 1.82) is 0 Å². The lowest BCUT2D eigenvalue weighted by Crippen LogP contribution is -2.35. The Labute approximate surface area is 176 Å². The van der Waals surface area contributed by atoms with Crippen LogP contribution in [0, 0.1) is 6.92 Å². The number of nitrogens with zero attached hydrogens (tertiary/aromatic N) is 4. The highest BCUT2D eigenvalue weighted by Crippen LogP contribution is 2.23. The Kier molecular flexibility index (Phi) is 5.97. The van der Waals surface area contributed by atoms with Crippen molar-refractivity contribution in [3.8, 4) is 5.75 Å². The van der Waals surface area contributed by atoms with Gasteiger partial charge in [0.15, 0.2) is 5.82 Å². The van der Waals surface area contributed by atoms with E-state index < -0.39 is 0 Å². The Morgan fingerprint density at radius 3 is 2.77 bits per heavy atom. The van der Waals surface area contributed by atoms with Gasteiger partial charge in [0, 0.05) is 24.3 Å². The lowest BCUT2D eigenvalue weighted by molar-refractivity contribution is 0.256. The molecule has 0 atom stereocenters. The Bertz CT molecular complexity index is 989. The molecule has 0 aliphatic carbocycles. The van der Waals surface area contributed by atoms with Gasteiger partial charge in [0.2, 0.25) is 0 Å². The summed E-state index contributed by atoms with van der Waals surface area (Å²) in [4.78, 5) is 19.6.